The van der Waals surface area contributed by atoms with Crippen molar-refractivity contribution in [1.82, 2.24) is 0 Å². The molecule has 92 valence electrons. The fourth-order valence-corrected chi connectivity index (χ4v) is 2.78. The fraction of sp³-hybridized carbons (Fsp3) is 0.250. The third kappa shape index (κ3) is 2.11. The van der Waals surface area contributed by atoms with Crippen LogP contribution in [0.3, 0.4) is 0 Å². The molecule has 3 rings (SSSR count). The summed E-state index contributed by atoms with van der Waals surface area (Å²) in [6, 6.07) is 17.4. The molecule has 2 aromatic carbocycles. The van der Waals surface area contributed by atoms with Crippen molar-refractivity contribution in [3.8, 4) is 0 Å². The van der Waals surface area contributed by atoms with Crippen LogP contribution in [-0.2, 0) is 13.0 Å². The summed E-state index contributed by atoms with van der Waals surface area (Å²) in [5, 5.41) is 0.800. The monoisotopic (exact) mass is 257 g/mol. The average Bonchev–Trinajstić information content (AvgIpc) is 2.69. The Balaban J connectivity index is 1.87. The van der Waals surface area contributed by atoms with E-state index in [1.54, 1.807) is 0 Å². The first-order valence-electron chi connectivity index (χ1n) is 6.33. The lowest BCUT2D eigenvalue weighted by Gasteiger charge is -2.25. The summed E-state index contributed by atoms with van der Waals surface area (Å²) in [4.78, 5) is 2.47. The van der Waals surface area contributed by atoms with Gasteiger partial charge in [-0.3, -0.25) is 0 Å². The van der Waals surface area contributed by atoms with Gasteiger partial charge in [-0.25, -0.2) is 0 Å². The van der Waals surface area contributed by atoms with Gasteiger partial charge in [0, 0.05) is 23.3 Å². The second-order valence-corrected chi connectivity index (χ2v) is 5.37. The van der Waals surface area contributed by atoms with Crippen LogP contribution in [0.4, 0.5) is 5.69 Å². The van der Waals surface area contributed by atoms with E-state index in [1.807, 2.05) is 12.1 Å². The Kier molecular flexibility index (Phi) is 3.00. The molecule has 0 fully saturated rings. The van der Waals surface area contributed by atoms with Gasteiger partial charge in [0.25, 0.3) is 0 Å². The summed E-state index contributed by atoms with van der Waals surface area (Å²) in [5.74, 6) is 0. The molecule has 0 saturated heterocycles. The van der Waals surface area contributed by atoms with Crippen molar-refractivity contribution >= 4 is 17.3 Å². The largest absolute Gasteiger partial charge is 0.364 e. The lowest BCUT2D eigenvalue weighted by Crippen LogP contribution is -2.28. The number of anilines is 1. The number of fused-ring (bicyclic) bond motifs is 1. The summed E-state index contributed by atoms with van der Waals surface area (Å²) < 4.78 is 0. The highest BCUT2D eigenvalue weighted by molar-refractivity contribution is 6.30. The number of hydrogen-bond acceptors (Lipinski definition) is 1. The van der Waals surface area contributed by atoms with Gasteiger partial charge < -0.3 is 4.90 Å². The molecule has 0 amide bonds. The molecule has 1 unspecified atom stereocenters. The number of halogens is 1. The van der Waals surface area contributed by atoms with Gasteiger partial charge in [0.1, 0.15) is 0 Å². The van der Waals surface area contributed by atoms with Crippen LogP contribution >= 0.6 is 11.6 Å². The van der Waals surface area contributed by atoms with Gasteiger partial charge in [-0.2, -0.15) is 0 Å². The Morgan fingerprint density at radius 1 is 1.11 bits per heavy atom. The molecule has 0 N–H and O–H groups in total. The highest BCUT2D eigenvalue weighted by Crippen LogP contribution is 2.33. The van der Waals surface area contributed by atoms with Crippen molar-refractivity contribution in [2.24, 2.45) is 0 Å². The molecule has 0 saturated carbocycles. The standard InChI is InChI=1S/C16H16ClN/c1-12-10-14-4-2-3-5-16(14)18(12)11-13-6-8-15(17)9-7-13/h2-9,12H,10-11H2,1H3. The van der Waals surface area contributed by atoms with Gasteiger partial charge in [0.05, 0.1) is 0 Å². The van der Waals surface area contributed by atoms with Crippen molar-refractivity contribution in [2.45, 2.75) is 25.9 Å². The van der Waals surface area contributed by atoms with Crippen LogP contribution in [0.5, 0.6) is 0 Å². The van der Waals surface area contributed by atoms with Crippen LogP contribution in [-0.4, -0.2) is 6.04 Å². The van der Waals surface area contributed by atoms with E-state index in [0.29, 0.717) is 6.04 Å². The minimum atomic E-state index is 0.568. The van der Waals surface area contributed by atoms with Gasteiger partial charge in [-0.1, -0.05) is 41.9 Å². The van der Waals surface area contributed by atoms with E-state index in [9.17, 15) is 0 Å². The summed E-state index contributed by atoms with van der Waals surface area (Å²) in [6.45, 7) is 3.24. The summed E-state index contributed by atoms with van der Waals surface area (Å²) in [5.41, 5.74) is 4.14. The molecular weight excluding hydrogens is 242 g/mol. The molecule has 0 aromatic heterocycles. The Morgan fingerprint density at radius 3 is 2.61 bits per heavy atom. The Labute approximate surface area is 113 Å². The molecule has 1 heterocycles. The van der Waals surface area contributed by atoms with Crippen LogP contribution in [0.2, 0.25) is 5.02 Å². The zero-order chi connectivity index (χ0) is 12.5. The Morgan fingerprint density at radius 2 is 1.83 bits per heavy atom. The SMILES string of the molecule is CC1Cc2ccccc2N1Cc1ccc(Cl)cc1. The predicted molar refractivity (Wildman–Crippen MR) is 77.2 cm³/mol. The minimum absolute atomic E-state index is 0.568. The molecule has 0 radical (unpaired) electrons. The third-order valence-corrected chi connectivity index (χ3v) is 3.87. The molecular formula is C16H16ClN. The maximum atomic E-state index is 5.92. The quantitative estimate of drug-likeness (QED) is 0.776. The molecule has 1 nitrogen and oxygen atoms in total. The molecule has 2 aromatic rings. The molecule has 1 aliphatic rings. The molecule has 1 aliphatic heterocycles. The van der Waals surface area contributed by atoms with Gasteiger partial charge in [-0.05, 0) is 42.7 Å². The number of benzene rings is 2. The van der Waals surface area contributed by atoms with Crippen molar-refractivity contribution in [3.63, 3.8) is 0 Å². The zero-order valence-electron chi connectivity index (χ0n) is 10.4. The topological polar surface area (TPSA) is 3.24 Å². The maximum absolute atomic E-state index is 5.92. The molecule has 0 aliphatic carbocycles. The lowest BCUT2D eigenvalue weighted by atomic mass is 10.1. The summed E-state index contributed by atoms with van der Waals surface area (Å²) in [6.07, 6.45) is 1.14. The summed E-state index contributed by atoms with van der Waals surface area (Å²) >= 11 is 5.92. The van der Waals surface area contributed by atoms with Crippen LogP contribution in [0.1, 0.15) is 18.1 Å². The fourth-order valence-electron chi connectivity index (χ4n) is 2.66. The zero-order valence-corrected chi connectivity index (χ0v) is 11.2. The van der Waals surface area contributed by atoms with Gasteiger partial charge in [0.2, 0.25) is 0 Å². The van der Waals surface area contributed by atoms with E-state index in [2.05, 4.69) is 48.2 Å². The van der Waals surface area contributed by atoms with Crippen molar-refractivity contribution in [1.29, 1.82) is 0 Å². The first-order valence-corrected chi connectivity index (χ1v) is 6.71. The van der Waals surface area contributed by atoms with E-state index >= 15 is 0 Å². The maximum Gasteiger partial charge on any atom is 0.0432 e. The smallest absolute Gasteiger partial charge is 0.0432 e. The van der Waals surface area contributed by atoms with Crippen molar-refractivity contribution in [2.75, 3.05) is 4.90 Å². The minimum Gasteiger partial charge on any atom is -0.364 e. The van der Waals surface area contributed by atoms with Crippen molar-refractivity contribution < 1.29 is 0 Å². The molecule has 0 bridgehead atoms. The van der Waals surface area contributed by atoms with Crippen molar-refractivity contribution in [3.05, 3.63) is 64.7 Å². The van der Waals surface area contributed by atoms with Gasteiger partial charge >= 0.3 is 0 Å². The summed E-state index contributed by atoms with van der Waals surface area (Å²) in [7, 11) is 0. The van der Waals surface area contributed by atoms with Gasteiger partial charge in [-0.15, -0.1) is 0 Å². The number of rotatable bonds is 2. The van der Waals surface area contributed by atoms with Gasteiger partial charge in [0.15, 0.2) is 0 Å². The first kappa shape index (κ1) is 11.6. The van der Waals surface area contributed by atoms with E-state index in [-0.39, 0.29) is 0 Å². The van der Waals surface area contributed by atoms with Crippen LogP contribution < -0.4 is 4.90 Å². The second-order valence-electron chi connectivity index (χ2n) is 4.94. The normalized spacial score (nSPS) is 17.9. The molecule has 18 heavy (non-hydrogen) atoms. The number of para-hydroxylation sites is 1. The Bertz CT molecular complexity index is 547. The van der Waals surface area contributed by atoms with E-state index in [0.717, 1.165) is 18.0 Å². The average molecular weight is 258 g/mol. The third-order valence-electron chi connectivity index (χ3n) is 3.61. The van der Waals surface area contributed by atoms with Crippen LogP contribution in [0.25, 0.3) is 0 Å². The number of nitrogens with zero attached hydrogens (tertiary/aromatic N) is 1. The molecule has 2 heteroatoms. The van der Waals surface area contributed by atoms with E-state index in [4.69, 9.17) is 11.6 Å². The highest BCUT2D eigenvalue weighted by atomic mass is 35.5. The first-order chi connectivity index (χ1) is 8.74. The van der Waals surface area contributed by atoms with E-state index < -0.39 is 0 Å². The molecule has 0 spiro atoms. The Hall–Kier alpha value is -1.47. The van der Waals surface area contributed by atoms with Crippen LogP contribution in [0.15, 0.2) is 48.5 Å². The van der Waals surface area contributed by atoms with E-state index in [1.165, 1.54) is 16.8 Å². The lowest BCUT2D eigenvalue weighted by molar-refractivity contribution is 0.672. The highest BCUT2D eigenvalue weighted by Gasteiger charge is 2.25. The number of hydrogen-bond donors (Lipinski definition) is 0. The molecule has 1 atom stereocenters. The predicted octanol–water partition coefficient (Wildman–Crippen LogP) is 4.29. The second kappa shape index (κ2) is 4.66. The van der Waals surface area contributed by atoms with Crippen LogP contribution in [0, 0.1) is 0 Å².